The minimum atomic E-state index is -0.125. The predicted molar refractivity (Wildman–Crippen MR) is 132 cm³/mol. The predicted octanol–water partition coefficient (Wildman–Crippen LogP) is 3.72. The Kier molecular flexibility index (Phi) is 7.68. The Balaban J connectivity index is 0.00000306. The zero-order chi connectivity index (χ0) is 22.7. The number of rotatable bonds is 5. The number of benzene rings is 2. The number of hydrogen-bond donors (Lipinski definition) is 1. The second kappa shape index (κ2) is 10.5. The minimum Gasteiger partial charge on any atom is -0.496 e. The number of nitrogens with one attached hydrogen (secondary N) is 1. The number of pyridine rings is 1. The Bertz CT molecular complexity index is 1210. The van der Waals surface area contributed by atoms with E-state index in [0.29, 0.717) is 25.5 Å². The zero-order valence-electron chi connectivity index (χ0n) is 18.9. The van der Waals surface area contributed by atoms with Crippen LogP contribution in [0.3, 0.4) is 0 Å². The summed E-state index contributed by atoms with van der Waals surface area (Å²) in [4.78, 5) is 32.6. The molecule has 172 valence electrons. The average Bonchev–Trinajstić information content (AvgIpc) is 2.93. The number of ether oxygens (including phenoxy) is 1. The molecule has 1 aliphatic heterocycles. The van der Waals surface area contributed by atoms with Crippen molar-refractivity contribution in [3.05, 3.63) is 71.4 Å². The molecule has 0 fully saturated rings. The summed E-state index contributed by atoms with van der Waals surface area (Å²) in [6.45, 7) is 1.35. The molecule has 0 unspecified atom stereocenters. The van der Waals surface area contributed by atoms with E-state index in [1.165, 1.54) is 0 Å². The van der Waals surface area contributed by atoms with E-state index >= 15 is 0 Å². The van der Waals surface area contributed by atoms with Crippen LogP contribution < -0.4 is 10.1 Å². The van der Waals surface area contributed by atoms with Gasteiger partial charge < -0.3 is 15.0 Å². The van der Waals surface area contributed by atoms with Gasteiger partial charge in [-0.1, -0.05) is 30.3 Å². The normalized spacial score (nSPS) is 13.7. The maximum Gasteiger partial charge on any atom is 0.246 e. The lowest BCUT2D eigenvalue weighted by Gasteiger charge is -2.19. The molecule has 3 aromatic rings. The van der Waals surface area contributed by atoms with Crippen LogP contribution in [-0.4, -0.2) is 54.3 Å². The molecule has 0 spiro atoms. The first-order valence-corrected chi connectivity index (χ1v) is 10.4. The highest BCUT2D eigenvalue weighted by Crippen LogP contribution is 2.29. The summed E-state index contributed by atoms with van der Waals surface area (Å²) in [5.74, 6) is 1.12. The standard InChI is InChI=1S/C25H26N4O3.ClH/c1-28-14-19-12-17(13-26-25(19)27-23(30)16-28)8-11-24(31)29(2)15-21-20-7-5-4-6-18(20)9-10-22(21)32-3;/h4-13H,14-16H2,1-3H3,(H,26,27,30);1H/b11-8+;. The van der Waals surface area contributed by atoms with Crippen LogP contribution in [0.5, 0.6) is 5.75 Å². The zero-order valence-corrected chi connectivity index (χ0v) is 19.7. The van der Waals surface area contributed by atoms with Crippen LogP contribution in [0.25, 0.3) is 16.8 Å². The molecule has 0 bridgehead atoms. The third-order valence-corrected chi connectivity index (χ3v) is 5.51. The van der Waals surface area contributed by atoms with Gasteiger partial charge in [0.2, 0.25) is 11.8 Å². The fourth-order valence-electron chi connectivity index (χ4n) is 3.90. The third kappa shape index (κ3) is 5.50. The molecular formula is C25H27ClN4O3. The van der Waals surface area contributed by atoms with Gasteiger partial charge in [0.05, 0.1) is 13.7 Å². The number of aromatic nitrogens is 1. The molecule has 1 N–H and O–H groups in total. The third-order valence-electron chi connectivity index (χ3n) is 5.51. The summed E-state index contributed by atoms with van der Waals surface area (Å²) in [6.07, 6.45) is 4.95. The Hall–Kier alpha value is -3.42. The number of fused-ring (bicyclic) bond motifs is 2. The van der Waals surface area contributed by atoms with Crippen LogP contribution in [0, 0.1) is 0 Å². The van der Waals surface area contributed by atoms with Crippen molar-refractivity contribution in [1.82, 2.24) is 14.8 Å². The van der Waals surface area contributed by atoms with Gasteiger partial charge in [0.25, 0.3) is 0 Å². The second-order valence-corrected chi connectivity index (χ2v) is 7.99. The van der Waals surface area contributed by atoms with Crippen LogP contribution in [-0.2, 0) is 22.7 Å². The van der Waals surface area contributed by atoms with Crippen LogP contribution in [0.1, 0.15) is 16.7 Å². The van der Waals surface area contributed by atoms with Crippen molar-refractivity contribution in [3.8, 4) is 5.75 Å². The van der Waals surface area contributed by atoms with Crippen molar-refractivity contribution >= 4 is 46.9 Å². The molecule has 7 nitrogen and oxygen atoms in total. The Morgan fingerprint density at radius 3 is 2.82 bits per heavy atom. The molecule has 2 aromatic carbocycles. The first kappa shape index (κ1) is 24.2. The maximum atomic E-state index is 12.8. The van der Waals surface area contributed by atoms with Gasteiger partial charge in [0.15, 0.2) is 0 Å². The van der Waals surface area contributed by atoms with E-state index in [4.69, 9.17) is 4.74 Å². The molecule has 4 rings (SSSR count). The van der Waals surface area contributed by atoms with Crippen molar-refractivity contribution in [2.24, 2.45) is 0 Å². The number of hydrogen-bond acceptors (Lipinski definition) is 5. The molecule has 0 aliphatic carbocycles. The molecule has 1 aromatic heterocycles. The van der Waals surface area contributed by atoms with Gasteiger partial charge in [-0.2, -0.15) is 0 Å². The maximum absolute atomic E-state index is 12.8. The van der Waals surface area contributed by atoms with Gasteiger partial charge in [0.1, 0.15) is 11.6 Å². The topological polar surface area (TPSA) is 74.8 Å². The summed E-state index contributed by atoms with van der Waals surface area (Å²) in [7, 11) is 5.30. The second-order valence-electron chi connectivity index (χ2n) is 7.99. The quantitative estimate of drug-likeness (QED) is 0.580. The summed E-state index contributed by atoms with van der Waals surface area (Å²) in [5.41, 5.74) is 2.69. The van der Waals surface area contributed by atoms with E-state index in [2.05, 4.69) is 10.3 Å². The number of anilines is 1. The highest BCUT2D eigenvalue weighted by atomic mass is 35.5. The Morgan fingerprint density at radius 1 is 1.24 bits per heavy atom. The van der Waals surface area contributed by atoms with Crippen molar-refractivity contribution in [1.29, 1.82) is 0 Å². The van der Waals surface area contributed by atoms with E-state index in [1.807, 2.05) is 54.4 Å². The largest absolute Gasteiger partial charge is 0.496 e. The van der Waals surface area contributed by atoms with Crippen LogP contribution in [0.15, 0.2) is 54.7 Å². The molecule has 0 saturated carbocycles. The number of amides is 2. The SMILES string of the molecule is COc1ccc2ccccc2c1CN(C)C(=O)/C=C/c1cnc2c(c1)CN(C)CC(=O)N2.Cl. The van der Waals surface area contributed by atoms with Crippen LogP contribution in [0.2, 0.25) is 0 Å². The van der Waals surface area contributed by atoms with Crippen molar-refractivity contribution in [3.63, 3.8) is 0 Å². The fourth-order valence-corrected chi connectivity index (χ4v) is 3.90. The number of nitrogens with zero attached hydrogens (tertiary/aromatic N) is 3. The summed E-state index contributed by atoms with van der Waals surface area (Å²) < 4.78 is 5.54. The lowest BCUT2D eigenvalue weighted by atomic mass is 10.0. The van der Waals surface area contributed by atoms with E-state index in [0.717, 1.165) is 33.2 Å². The molecule has 0 radical (unpaired) electrons. The fraction of sp³-hybridized carbons (Fsp3) is 0.240. The minimum absolute atomic E-state index is 0. The van der Waals surface area contributed by atoms with Gasteiger partial charge >= 0.3 is 0 Å². The number of likely N-dealkylation sites (N-methyl/N-ethyl adjacent to an activating group) is 2. The molecular weight excluding hydrogens is 440 g/mol. The highest BCUT2D eigenvalue weighted by Gasteiger charge is 2.18. The molecule has 2 heterocycles. The number of methoxy groups -OCH3 is 1. The lowest BCUT2D eigenvalue weighted by Crippen LogP contribution is -2.26. The van der Waals surface area contributed by atoms with Crippen LogP contribution >= 0.6 is 12.4 Å². The van der Waals surface area contributed by atoms with Gasteiger partial charge in [-0.05, 0) is 41.6 Å². The Labute approximate surface area is 199 Å². The smallest absolute Gasteiger partial charge is 0.246 e. The van der Waals surface area contributed by atoms with E-state index in [-0.39, 0.29) is 24.2 Å². The molecule has 2 amide bonds. The van der Waals surface area contributed by atoms with Gasteiger partial charge in [0, 0.05) is 43.5 Å². The van der Waals surface area contributed by atoms with E-state index in [1.54, 1.807) is 37.4 Å². The molecule has 8 heteroatoms. The van der Waals surface area contributed by atoms with Crippen molar-refractivity contribution in [2.75, 3.05) is 33.1 Å². The van der Waals surface area contributed by atoms with Crippen molar-refractivity contribution in [2.45, 2.75) is 13.1 Å². The first-order chi connectivity index (χ1) is 15.4. The highest BCUT2D eigenvalue weighted by molar-refractivity contribution is 5.94. The van der Waals surface area contributed by atoms with Gasteiger partial charge in [-0.25, -0.2) is 4.98 Å². The Morgan fingerprint density at radius 2 is 2.03 bits per heavy atom. The lowest BCUT2D eigenvalue weighted by molar-refractivity contribution is -0.125. The van der Waals surface area contributed by atoms with Gasteiger partial charge in [-0.3, -0.25) is 14.5 Å². The number of carbonyl (C=O) groups is 2. The van der Waals surface area contributed by atoms with Crippen LogP contribution in [0.4, 0.5) is 5.82 Å². The monoisotopic (exact) mass is 466 g/mol. The molecule has 1 aliphatic rings. The first-order valence-electron chi connectivity index (χ1n) is 10.4. The van der Waals surface area contributed by atoms with E-state index < -0.39 is 0 Å². The summed E-state index contributed by atoms with van der Waals surface area (Å²) in [5, 5.41) is 4.98. The molecule has 0 atom stereocenters. The molecule has 33 heavy (non-hydrogen) atoms. The summed E-state index contributed by atoms with van der Waals surface area (Å²) in [6, 6.07) is 14.0. The average molecular weight is 467 g/mol. The van der Waals surface area contributed by atoms with Crippen molar-refractivity contribution < 1.29 is 14.3 Å². The number of carbonyl (C=O) groups excluding carboxylic acids is 2. The number of halogens is 1. The molecule has 0 saturated heterocycles. The van der Waals surface area contributed by atoms with Gasteiger partial charge in [-0.15, -0.1) is 12.4 Å². The van der Waals surface area contributed by atoms with E-state index in [9.17, 15) is 9.59 Å². The summed E-state index contributed by atoms with van der Waals surface area (Å²) >= 11 is 0.